The van der Waals surface area contributed by atoms with Crippen LogP contribution >= 0.6 is 0 Å². The molecule has 0 spiro atoms. The van der Waals surface area contributed by atoms with Gasteiger partial charge in [0, 0.05) is 17.0 Å². The summed E-state index contributed by atoms with van der Waals surface area (Å²) in [6.45, 7) is 16.4. The molecule has 1 unspecified atom stereocenters. The fourth-order valence-corrected chi connectivity index (χ4v) is 17.2. The van der Waals surface area contributed by atoms with Crippen molar-refractivity contribution >= 4 is 25.6 Å². The van der Waals surface area contributed by atoms with E-state index in [1.165, 1.54) is 29.7 Å². The predicted octanol–water partition coefficient (Wildman–Crippen LogP) is 9.65. The standard InChI is InChI=1S/C37H51NO4Si/c1-9-10-11-15-18-28-29-21-27(41-8)19-20-32(29)42-34-30(28)22-31-33(35(34)43(23(2)3,24(4)5)25(6)7)37(40)38(36(31)39)26-16-13-12-14-17-26/h12-14,16-17,19-21,23-25,28,31,33,35H,9-11,15,18,22H2,1-8H3/t28?,31-,33-,35-/m1/s1. The third-order valence-electron chi connectivity index (χ3n) is 11.0. The number of carbonyl (C=O) groups is 2. The molecule has 0 bridgehead atoms. The number of methoxy groups -OCH3 is 1. The van der Waals surface area contributed by atoms with Crippen LogP contribution in [0.2, 0.25) is 22.2 Å². The van der Waals surface area contributed by atoms with Crippen molar-refractivity contribution in [2.45, 2.75) is 115 Å². The van der Waals surface area contributed by atoms with E-state index in [1.54, 1.807) is 7.11 Å². The molecule has 43 heavy (non-hydrogen) atoms. The van der Waals surface area contributed by atoms with Gasteiger partial charge in [0.15, 0.2) is 0 Å². The minimum absolute atomic E-state index is 0.0415. The molecule has 0 N–H and O–H groups in total. The first-order chi connectivity index (χ1) is 20.6. The van der Waals surface area contributed by atoms with E-state index in [4.69, 9.17) is 9.47 Å². The maximum Gasteiger partial charge on any atom is 0.238 e. The third-order valence-corrected chi connectivity index (χ3v) is 18.7. The molecule has 2 aromatic rings. The Hall–Kier alpha value is -2.86. The summed E-state index contributed by atoms with van der Waals surface area (Å²) >= 11 is 0. The number of allylic oxidation sites excluding steroid dienone is 2. The topological polar surface area (TPSA) is 55.8 Å². The molecule has 2 heterocycles. The Morgan fingerprint density at radius 1 is 0.907 bits per heavy atom. The normalized spacial score (nSPS) is 23.6. The minimum atomic E-state index is -2.34. The van der Waals surface area contributed by atoms with Crippen molar-refractivity contribution in [1.29, 1.82) is 0 Å². The number of para-hydroxylation sites is 1. The highest BCUT2D eigenvalue weighted by Crippen LogP contribution is 2.64. The monoisotopic (exact) mass is 601 g/mol. The molecule has 0 saturated carbocycles. The van der Waals surface area contributed by atoms with E-state index in [-0.39, 0.29) is 29.2 Å². The first kappa shape index (κ1) is 31.6. The lowest BCUT2D eigenvalue weighted by Crippen LogP contribution is -2.55. The van der Waals surface area contributed by atoms with E-state index in [0.717, 1.165) is 35.7 Å². The van der Waals surface area contributed by atoms with Crippen molar-refractivity contribution in [1.82, 2.24) is 0 Å². The Kier molecular flexibility index (Phi) is 9.27. The van der Waals surface area contributed by atoms with Crippen LogP contribution in [0.5, 0.6) is 11.5 Å². The molecular weight excluding hydrogens is 550 g/mol. The summed E-state index contributed by atoms with van der Waals surface area (Å²) in [6.07, 6.45) is 6.31. The number of amides is 2. The molecule has 1 aliphatic carbocycles. The lowest BCUT2D eigenvalue weighted by molar-refractivity contribution is -0.122. The second-order valence-electron chi connectivity index (χ2n) is 13.9. The molecule has 5 nitrogen and oxygen atoms in total. The van der Waals surface area contributed by atoms with E-state index in [1.807, 2.05) is 36.4 Å². The second-order valence-corrected chi connectivity index (χ2v) is 20.0. The van der Waals surface area contributed by atoms with Gasteiger partial charge in [0.05, 0.1) is 32.7 Å². The molecule has 3 aliphatic rings. The molecule has 6 heteroatoms. The van der Waals surface area contributed by atoms with Crippen LogP contribution < -0.4 is 14.4 Å². The lowest BCUT2D eigenvalue weighted by atomic mass is 9.72. The lowest BCUT2D eigenvalue weighted by Gasteiger charge is -2.54. The molecule has 2 amide bonds. The van der Waals surface area contributed by atoms with Gasteiger partial charge in [-0.15, -0.1) is 0 Å². The number of ether oxygens (including phenoxy) is 2. The summed E-state index contributed by atoms with van der Waals surface area (Å²) in [6, 6.07) is 15.7. The van der Waals surface area contributed by atoms with E-state index >= 15 is 0 Å². The van der Waals surface area contributed by atoms with Gasteiger partial charge in [0.1, 0.15) is 17.3 Å². The average molecular weight is 602 g/mol. The van der Waals surface area contributed by atoms with Gasteiger partial charge in [-0.1, -0.05) is 92.3 Å². The quantitative estimate of drug-likeness (QED) is 0.146. The summed E-state index contributed by atoms with van der Waals surface area (Å²) in [5.41, 5.74) is 4.25. The first-order valence-electron chi connectivity index (χ1n) is 16.6. The van der Waals surface area contributed by atoms with Crippen LogP contribution in [0.15, 0.2) is 59.9 Å². The van der Waals surface area contributed by atoms with Crippen LogP contribution in [0.25, 0.3) is 0 Å². The van der Waals surface area contributed by atoms with Crippen molar-refractivity contribution in [3.63, 3.8) is 0 Å². The molecule has 2 aliphatic heterocycles. The fourth-order valence-electron chi connectivity index (χ4n) is 9.36. The maximum absolute atomic E-state index is 14.6. The molecule has 0 aromatic heterocycles. The molecule has 1 fully saturated rings. The summed E-state index contributed by atoms with van der Waals surface area (Å²) in [7, 11) is -0.632. The van der Waals surface area contributed by atoms with E-state index in [2.05, 4.69) is 60.6 Å². The van der Waals surface area contributed by atoms with Gasteiger partial charge in [-0.2, -0.15) is 0 Å². The largest absolute Gasteiger partial charge is 0.497 e. The Balaban J connectivity index is 1.73. The zero-order valence-corrected chi connectivity index (χ0v) is 28.5. The molecule has 1 saturated heterocycles. The second kappa shape index (κ2) is 12.6. The number of hydrogen-bond donors (Lipinski definition) is 0. The number of anilines is 1. The fraction of sp³-hybridized carbons (Fsp3) is 0.568. The number of carbonyl (C=O) groups excluding carboxylic acids is 2. The van der Waals surface area contributed by atoms with Crippen LogP contribution in [-0.2, 0) is 9.59 Å². The number of imide groups is 1. The summed E-state index contributed by atoms with van der Waals surface area (Å²) < 4.78 is 12.7. The van der Waals surface area contributed by atoms with E-state index in [9.17, 15) is 9.59 Å². The van der Waals surface area contributed by atoms with Gasteiger partial charge in [0.25, 0.3) is 0 Å². The maximum atomic E-state index is 14.6. The van der Waals surface area contributed by atoms with E-state index in [0.29, 0.717) is 28.7 Å². The van der Waals surface area contributed by atoms with Crippen molar-refractivity contribution < 1.29 is 19.1 Å². The molecule has 232 valence electrons. The van der Waals surface area contributed by atoms with Crippen molar-refractivity contribution in [3.8, 4) is 11.5 Å². The zero-order chi connectivity index (χ0) is 31.1. The van der Waals surface area contributed by atoms with Crippen LogP contribution in [0, 0.1) is 11.8 Å². The van der Waals surface area contributed by atoms with Crippen molar-refractivity contribution in [3.05, 3.63) is 65.4 Å². The van der Waals surface area contributed by atoms with Gasteiger partial charge in [-0.3, -0.25) is 14.5 Å². The highest BCUT2D eigenvalue weighted by molar-refractivity contribution is 6.85. The van der Waals surface area contributed by atoms with Gasteiger partial charge < -0.3 is 9.47 Å². The number of hydrogen-bond acceptors (Lipinski definition) is 4. The Labute approximate surface area is 260 Å². The van der Waals surface area contributed by atoms with Crippen LogP contribution in [0.4, 0.5) is 5.69 Å². The summed E-state index contributed by atoms with van der Waals surface area (Å²) in [5.74, 6) is 2.05. The number of fused-ring (bicyclic) bond motifs is 2. The third kappa shape index (κ3) is 5.17. The van der Waals surface area contributed by atoms with Crippen LogP contribution in [0.3, 0.4) is 0 Å². The van der Waals surface area contributed by atoms with Crippen LogP contribution in [-0.4, -0.2) is 27.0 Å². The summed E-state index contributed by atoms with van der Waals surface area (Å²) in [5, 5.41) is 0. The molecule has 5 rings (SSSR count). The SMILES string of the molecule is CCCCCCC1C2=C(Oc3ccc(OC)cc31)[C@H]([Si](C(C)C)(C(C)C)C(C)C)[C@@H]1C(=O)N(c3ccccc3)C(=O)[C@@H]1C2. The van der Waals surface area contributed by atoms with Gasteiger partial charge in [-0.05, 0) is 65.4 Å². The zero-order valence-electron chi connectivity index (χ0n) is 27.5. The molecular formula is C37H51NO4Si. The number of rotatable bonds is 11. The molecule has 0 radical (unpaired) electrons. The number of nitrogens with zero attached hydrogens (tertiary/aromatic N) is 1. The molecule has 4 atom stereocenters. The van der Waals surface area contributed by atoms with Crippen LogP contribution in [0.1, 0.15) is 98.5 Å². The van der Waals surface area contributed by atoms with Crippen molar-refractivity contribution in [2.24, 2.45) is 11.8 Å². The predicted molar refractivity (Wildman–Crippen MR) is 177 cm³/mol. The first-order valence-corrected chi connectivity index (χ1v) is 18.9. The number of benzene rings is 2. The van der Waals surface area contributed by atoms with Gasteiger partial charge in [0.2, 0.25) is 11.8 Å². The van der Waals surface area contributed by atoms with Gasteiger partial charge >= 0.3 is 0 Å². The highest BCUT2D eigenvalue weighted by Gasteiger charge is 2.64. The van der Waals surface area contributed by atoms with Crippen molar-refractivity contribution in [2.75, 3.05) is 12.0 Å². The molecule has 2 aromatic carbocycles. The highest BCUT2D eigenvalue weighted by atomic mass is 28.3. The van der Waals surface area contributed by atoms with Gasteiger partial charge in [-0.25, -0.2) is 0 Å². The Morgan fingerprint density at radius 2 is 1.58 bits per heavy atom. The summed E-state index contributed by atoms with van der Waals surface area (Å²) in [4.78, 5) is 30.5. The van der Waals surface area contributed by atoms with E-state index < -0.39 is 14.0 Å². The Bertz CT molecular complexity index is 1340. The smallest absolute Gasteiger partial charge is 0.238 e. The Morgan fingerprint density at radius 3 is 2.19 bits per heavy atom. The minimum Gasteiger partial charge on any atom is -0.497 e. The number of unbranched alkanes of at least 4 members (excludes halogenated alkanes) is 3. The average Bonchev–Trinajstić information content (AvgIpc) is 3.23.